The van der Waals surface area contributed by atoms with Gasteiger partial charge >= 0.3 is 5.97 Å². The third-order valence-electron chi connectivity index (χ3n) is 6.05. The van der Waals surface area contributed by atoms with Crippen LogP contribution in [0, 0.1) is 0 Å². The van der Waals surface area contributed by atoms with Gasteiger partial charge in [0.25, 0.3) is 0 Å². The van der Waals surface area contributed by atoms with Crippen molar-refractivity contribution in [1.29, 1.82) is 0 Å². The lowest BCUT2D eigenvalue weighted by Gasteiger charge is -2.15. The summed E-state index contributed by atoms with van der Waals surface area (Å²) in [5.41, 5.74) is 0. The van der Waals surface area contributed by atoms with Gasteiger partial charge in [-0.1, -0.05) is 123 Å². The normalized spacial score (nSPS) is 12.0. The Morgan fingerprint density at radius 2 is 1.06 bits per heavy atom. The van der Waals surface area contributed by atoms with Gasteiger partial charge in [-0.15, -0.1) is 0 Å². The van der Waals surface area contributed by atoms with Gasteiger partial charge in [-0.2, -0.15) is 0 Å². The van der Waals surface area contributed by atoms with E-state index in [1.165, 1.54) is 89.9 Å². The molecule has 0 aliphatic heterocycles. The molecule has 190 valence electrons. The van der Waals surface area contributed by atoms with Crippen LogP contribution in [0.25, 0.3) is 0 Å². The van der Waals surface area contributed by atoms with E-state index in [9.17, 15) is 14.7 Å². The highest BCUT2D eigenvalue weighted by molar-refractivity contribution is 5.84. The SMILES string of the molecule is CCCCCCCCCCCCOC(=O)[C@H](CO)NC(=O)CCCCCCCCCCC. The zero-order valence-corrected chi connectivity index (χ0v) is 21.3. The molecule has 0 aliphatic rings. The summed E-state index contributed by atoms with van der Waals surface area (Å²) in [4.78, 5) is 24.1. The van der Waals surface area contributed by atoms with Gasteiger partial charge in [0.15, 0.2) is 6.04 Å². The molecule has 0 saturated heterocycles. The fraction of sp³-hybridized carbons (Fsp3) is 0.926. The van der Waals surface area contributed by atoms with Crippen LogP contribution >= 0.6 is 0 Å². The van der Waals surface area contributed by atoms with Crippen LogP contribution in [0.2, 0.25) is 0 Å². The summed E-state index contributed by atoms with van der Waals surface area (Å²) in [6.45, 7) is 4.41. The van der Waals surface area contributed by atoms with Gasteiger partial charge in [0.2, 0.25) is 5.91 Å². The Balaban J connectivity index is 3.63. The van der Waals surface area contributed by atoms with Crippen LogP contribution in [-0.2, 0) is 14.3 Å². The molecule has 0 aromatic carbocycles. The average molecular weight is 456 g/mol. The van der Waals surface area contributed by atoms with Crippen LogP contribution in [0.4, 0.5) is 0 Å². The minimum absolute atomic E-state index is 0.178. The Kier molecular flexibility index (Phi) is 23.7. The van der Waals surface area contributed by atoms with E-state index in [0.29, 0.717) is 13.0 Å². The molecule has 5 nitrogen and oxygen atoms in total. The standard InChI is InChI=1S/C27H53NO4/c1-3-5-7-9-11-13-15-17-19-21-23-32-27(31)25(24-29)28-26(30)22-20-18-16-14-12-10-8-6-4-2/h25,29H,3-24H2,1-2H3,(H,28,30)/t25-/m0/s1. The number of unbranched alkanes of at least 4 members (excludes halogenated alkanes) is 17. The first-order valence-electron chi connectivity index (χ1n) is 13.7. The van der Waals surface area contributed by atoms with Crippen molar-refractivity contribution in [3.63, 3.8) is 0 Å². The van der Waals surface area contributed by atoms with Crippen LogP contribution in [-0.4, -0.2) is 36.2 Å². The first-order valence-corrected chi connectivity index (χ1v) is 13.7. The molecule has 0 heterocycles. The quantitative estimate of drug-likeness (QED) is 0.123. The Labute approximate surface area is 198 Å². The molecular weight excluding hydrogens is 402 g/mol. The van der Waals surface area contributed by atoms with Crippen molar-refractivity contribution in [2.75, 3.05) is 13.2 Å². The lowest BCUT2D eigenvalue weighted by atomic mass is 10.1. The molecule has 0 unspecified atom stereocenters. The molecule has 32 heavy (non-hydrogen) atoms. The minimum Gasteiger partial charge on any atom is -0.464 e. The summed E-state index contributed by atoms with van der Waals surface area (Å²) >= 11 is 0. The number of rotatable bonds is 24. The Morgan fingerprint density at radius 3 is 1.50 bits per heavy atom. The van der Waals surface area contributed by atoms with Crippen molar-refractivity contribution < 1.29 is 19.4 Å². The highest BCUT2D eigenvalue weighted by atomic mass is 16.5. The summed E-state index contributed by atoms with van der Waals surface area (Å²) in [7, 11) is 0. The molecule has 0 fully saturated rings. The molecule has 0 aromatic heterocycles. The minimum atomic E-state index is -0.941. The van der Waals surface area contributed by atoms with E-state index in [-0.39, 0.29) is 5.91 Å². The number of carbonyl (C=O) groups excluding carboxylic acids is 2. The number of amides is 1. The predicted octanol–water partition coefficient (Wildman–Crippen LogP) is 6.85. The van der Waals surface area contributed by atoms with Crippen LogP contribution < -0.4 is 5.32 Å². The number of nitrogens with one attached hydrogen (secondary N) is 1. The Morgan fingerprint density at radius 1 is 0.656 bits per heavy atom. The van der Waals surface area contributed by atoms with Gasteiger partial charge in [0.05, 0.1) is 13.2 Å². The van der Waals surface area contributed by atoms with Gasteiger partial charge in [-0.05, 0) is 12.8 Å². The van der Waals surface area contributed by atoms with Gasteiger partial charge in [0, 0.05) is 6.42 Å². The fourth-order valence-electron chi connectivity index (χ4n) is 3.90. The second-order valence-electron chi connectivity index (χ2n) is 9.23. The highest BCUT2D eigenvalue weighted by Gasteiger charge is 2.21. The highest BCUT2D eigenvalue weighted by Crippen LogP contribution is 2.11. The molecule has 0 aliphatic carbocycles. The summed E-state index contributed by atoms with van der Waals surface area (Å²) in [5, 5.41) is 12.1. The van der Waals surface area contributed by atoms with Crippen molar-refractivity contribution in [2.24, 2.45) is 0 Å². The molecule has 2 N–H and O–H groups in total. The molecule has 1 atom stereocenters. The van der Waals surface area contributed by atoms with Crippen molar-refractivity contribution in [3.05, 3.63) is 0 Å². The van der Waals surface area contributed by atoms with E-state index in [1.807, 2.05) is 0 Å². The van der Waals surface area contributed by atoms with Gasteiger partial charge in [-0.25, -0.2) is 4.79 Å². The Bertz CT molecular complexity index is 428. The molecule has 0 spiro atoms. The van der Waals surface area contributed by atoms with Crippen LogP contribution in [0.15, 0.2) is 0 Å². The number of carbonyl (C=O) groups is 2. The first kappa shape index (κ1) is 30.9. The lowest BCUT2D eigenvalue weighted by molar-refractivity contribution is -0.149. The third-order valence-corrected chi connectivity index (χ3v) is 6.05. The van der Waals surface area contributed by atoms with Crippen molar-refractivity contribution in [3.8, 4) is 0 Å². The summed E-state index contributed by atoms with van der Waals surface area (Å²) < 4.78 is 5.25. The molecule has 0 saturated carbocycles. The number of esters is 1. The number of aliphatic hydroxyl groups is 1. The van der Waals surface area contributed by atoms with E-state index >= 15 is 0 Å². The van der Waals surface area contributed by atoms with E-state index in [1.54, 1.807) is 0 Å². The first-order chi connectivity index (χ1) is 15.7. The van der Waals surface area contributed by atoms with E-state index in [0.717, 1.165) is 32.1 Å². The zero-order chi connectivity index (χ0) is 23.7. The maximum Gasteiger partial charge on any atom is 0.331 e. The summed E-state index contributed by atoms with van der Waals surface area (Å²) in [6.07, 6.45) is 23.4. The number of ether oxygens (including phenoxy) is 1. The van der Waals surface area contributed by atoms with E-state index in [2.05, 4.69) is 19.2 Å². The molecule has 0 radical (unpaired) electrons. The van der Waals surface area contributed by atoms with Crippen molar-refractivity contribution >= 4 is 11.9 Å². The van der Waals surface area contributed by atoms with Crippen molar-refractivity contribution in [2.45, 2.75) is 148 Å². The summed E-state index contributed by atoms with van der Waals surface area (Å²) in [6, 6.07) is -0.941. The van der Waals surface area contributed by atoms with Gasteiger partial charge < -0.3 is 15.2 Å². The van der Waals surface area contributed by atoms with Crippen molar-refractivity contribution in [1.82, 2.24) is 5.32 Å². The molecule has 0 bridgehead atoms. The predicted molar refractivity (Wildman–Crippen MR) is 134 cm³/mol. The number of hydrogen-bond acceptors (Lipinski definition) is 4. The van der Waals surface area contributed by atoms with Crippen LogP contribution in [0.3, 0.4) is 0 Å². The molecule has 0 rings (SSSR count). The zero-order valence-electron chi connectivity index (χ0n) is 21.3. The van der Waals surface area contributed by atoms with Crippen LogP contribution in [0.5, 0.6) is 0 Å². The van der Waals surface area contributed by atoms with E-state index in [4.69, 9.17) is 4.74 Å². The van der Waals surface area contributed by atoms with Gasteiger partial charge in [-0.3, -0.25) is 4.79 Å². The monoisotopic (exact) mass is 455 g/mol. The molecule has 1 amide bonds. The third kappa shape index (κ3) is 20.8. The van der Waals surface area contributed by atoms with Gasteiger partial charge in [0.1, 0.15) is 0 Å². The lowest BCUT2D eigenvalue weighted by Crippen LogP contribution is -2.44. The second kappa shape index (κ2) is 24.5. The number of hydrogen-bond donors (Lipinski definition) is 2. The Hall–Kier alpha value is -1.10. The topological polar surface area (TPSA) is 75.6 Å². The maximum atomic E-state index is 12.1. The average Bonchev–Trinajstić information content (AvgIpc) is 2.79. The fourth-order valence-corrected chi connectivity index (χ4v) is 3.90. The molecule has 0 aromatic rings. The summed E-state index contributed by atoms with van der Waals surface area (Å²) in [5.74, 6) is -0.702. The van der Waals surface area contributed by atoms with Crippen LogP contribution in [0.1, 0.15) is 142 Å². The van der Waals surface area contributed by atoms with E-state index < -0.39 is 18.6 Å². The number of aliphatic hydroxyl groups excluding tert-OH is 1. The largest absolute Gasteiger partial charge is 0.464 e. The smallest absolute Gasteiger partial charge is 0.331 e. The molecular formula is C27H53NO4. The second-order valence-corrected chi connectivity index (χ2v) is 9.23. The maximum absolute atomic E-state index is 12.1. The molecule has 5 heteroatoms.